The van der Waals surface area contributed by atoms with Crippen molar-refractivity contribution in [3.8, 4) is 5.75 Å². The van der Waals surface area contributed by atoms with Crippen LogP contribution in [-0.2, 0) is 12.8 Å². The number of rotatable bonds is 3. The number of hydrogen-bond acceptors (Lipinski definition) is 2. The smallest absolute Gasteiger partial charge is 0.129 e. The van der Waals surface area contributed by atoms with Gasteiger partial charge in [-0.2, -0.15) is 0 Å². The highest BCUT2D eigenvalue weighted by atomic mass is 35.5. The van der Waals surface area contributed by atoms with Crippen molar-refractivity contribution in [1.82, 2.24) is 0 Å². The summed E-state index contributed by atoms with van der Waals surface area (Å²) in [7, 11) is 0. The highest BCUT2D eigenvalue weighted by molar-refractivity contribution is 6.31. The second-order valence-corrected chi connectivity index (χ2v) is 5.91. The predicted octanol–water partition coefficient (Wildman–Crippen LogP) is 4.34. The third kappa shape index (κ3) is 3.00. The van der Waals surface area contributed by atoms with Gasteiger partial charge in [-0.15, -0.1) is 0 Å². The second-order valence-electron chi connectivity index (χ2n) is 5.04. The molecule has 2 aromatic carbocycles. The van der Waals surface area contributed by atoms with Crippen LogP contribution in [-0.4, -0.2) is 11.7 Å². The van der Waals surface area contributed by atoms with Crippen molar-refractivity contribution in [2.24, 2.45) is 0 Å². The predicted molar refractivity (Wildman–Crippen MR) is 80.7 cm³/mol. The van der Waals surface area contributed by atoms with E-state index in [9.17, 15) is 9.50 Å². The summed E-state index contributed by atoms with van der Waals surface area (Å²) in [6, 6.07) is 7.75. The maximum absolute atomic E-state index is 13.8. The van der Waals surface area contributed by atoms with Gasteiger partial charge in [0.1, 0.15) is 11.6 Å². The van der Waals surface area contributed by atoms with E-state index in [0.29, 0.717) is 16.7 Å². The molecule has 0 aromatic heterocycles. The third-order valence-electron chi connectivity index (χ3n) is 3.56. The summed E-state index contributed by atoms with van der Waals surface area (Å²) in [6.07, 6.45) is 0.0143. The van der Waals surface area contributed by atoms with Crippen LogP contribution in [0.25, 0.3) is 0 Å². The van der Waals surface area contributed by atoms with Crippen LogP contribution in [0.5, 0.6) is 5.75 Å². The van der Waals surface area contributed by atoms with Gasteiger partial charge < -0.3 is 9.84 Å². The molecule has 0 saturated carbocycles. The van der Waals surface area contributed by atoms with Crippen molar-refractivity contribution in [2.45, 2.75) is 18.9 Å². The lowest BCUT2D eigenvalue weighted by atomic mass is 9.98. The third-order valence-corrected chi connectivity index (χ3v) is 4.01. The minimum Gasteiger partial charge on any atom is -0.493 e. The molecule has 0 saturated heterocycles. The first-order valence-corrected chi connectivity index (χ1v) is 7.37. The first kappa shape index (κ1) is 14.6. The number of ether oxygens (including phenoxy) is 1. The lowest BCUT2D eigenvalue weighted by Gasteiger charge is -2.15. The van der Waals surface area contributed by atoms with E-state index in [2.05, 4.69) is 0 Å². The zero-order valence-electron chi connectivity index (χ0n) is 11.1. The Morgan fingerprint density at radius 2 is 2.00 bits per heavy atom. The van der Waals surface area contributed by atoms with Crippen LogP contribution in [0.1, 0.15) is 22.8 Å². The average molecular weight is 327 g/mol. The molecule has 1 N–H and O–H groups in total. The first-order valence-electron chi connectivity index (χ1n) is 6.61. The molecular formula is C16H13Cl2FO2. The fourth-order valence-electron chi connectivity index (χ4n) is 2.59. The number of aliphatic hydroxyl groups is 1. The van der Waals surface area contributed by atoms with Crippen molar-refractivity contribution in [2.75, 3.05) is 6.61 Å². The van der Waals surface area contributed by atoms with Crippen molar-refractivity contribution in [3.63, 3.8) is 0 Å². The Morgan fingerprint density at radius 3 is 2.81 bits per heavy atom. The summed E-state index contributed by atoms with van der Waals surface area (Å²) in [4.78, 5) is 0. The average Bonchev–Trinajstić information content (AvgIpc) is 2.89. The van der Waals surface area contributed by atoms with Gasteiger partial charge in [-0.25, -0.2) is 4.39 Å². The quantitative estimate of drug-likeness (QED) is 0.908. The number of fused-ring (bicyclic) bond motifs is 1. The molecule has 1 unspecified atom stereocenters. The van der Waals surface area contributed by atoms with Crippen molar-refractivity contribution in [1.29, 1.82) is 0 Å². The molecule has 3 rings (SSSR count). The molecule has 1 heterocycles. The zero-order chi connectivity index (χ0) is 15.0. The van der Waals surface area contributed by atoms with Crippen LogP contribution in [0.3, 0.4) is 0 Å². The van der Waals surface area contributed by atoms with E-state index in [1.165, 1.54) is 18.2 Å². The summed E-state index contributed by atoms with van der Waals surface area (Å²) in [5.41, 5.74) is 1.98. The topological polar surface area (TPSA) is 29.5 Å². The molecule has 0 spiro atoms. The summed E-state index contributed by atoms with van der Waals surface area (Å²) < 4.78 is 19.4. The Balaban J connectivity index is 1.92. The monoisotopic (exact) mass is 326 g/mol. The van der Waals surface area contributed by atoms with Crippen LogP contribution in [0.2, 0.25) is 10.0 Å². The van der Waals surface area contributed by atoms with Gasteiger partial charge in [0.05, 0.1) is 12.7 Å². The molecule has 1 aliphatic heterocycles. The highest BCUT2D eigenvalue weighted by Gasteiger charge is 2.21. The molecular weight excluding hydrogens is 314 g/mol. The van der Waals surface area contributed by atoms with E-state index in [4.69, 9.17) is 27.9 Å². The van der Waals surface area contributed by atoms with Gasteiger partial charge >= 0.3 is 0 Å². The highest BCUT2D eigenvalue weighted by Crippen LogP contribution is 2.35. The van der Waals surface area contributed by atoms with E-state index in [1.807, 2.05) is 6.07 Å². The van der Waals surface area contributed by atoms with E-state index in [0.717, 1.165) is 23.3 Å². The van der Waals surface area contributed by atoms with Gasteiger partial charge in [0.25, 0.3) is 0 Å². The summed E-state index contributed by atoms with van der Waals surface area (Å²) in [6.45, 7) is 0.601. The van der Waals surface area contributed by atoms with E-state index >= 15 is 0 Å². The summed E-state index contributed by atoms with van der Waals surface area (Å²) in [5, 5.41) is 11.3. The van der Waals surface area contributed by atoms with E-state index < -0.39 is 11.9 Å². The first-order chi connectivity index (χ1) is 10.0. The molecule has 0 fully saturated rings. The maximum atomic E-state index is 13.8. The standard InChI is InChI=1S/C16H13Cl2FO2/c17-11-1-2-14(19)13(8-11)15(20)7-10-6-12(18)5-9-3-4-21-16(9)10/h1-2,5-6,8,15,20H,3-4,7H2. The fourth-order valence-corrected chi connectivity index (χ4v) is 3.03. The molecule has 5 heteroatoms. The van der Waals surface area contributed by atoms with Gasteiger partial charge in [-0.3, -0.25) is 0 Å². The molecule has 21 heavy (non-hydrogen) atoms. The molecule has 1 aliphatic rings. The lowest BCUT2D eigenvalue weighted by Crippen LogP contribution is -2.05. The van der Waals surface area contributed by atoms with Crippen LogP contribution >= 0.6 is 23.2 Å². The van der Waals surface area contributed by atoms with Crippen molar-refractivity contribution in [3.05, 3.63) is 62.9 Å². The van der Waals surface area contributed by atoms with Gasteiger partial charge in [-0.05, 0) is 41.5 Å². The molecule has 0 aliphatic carbocycles. The van der Waals surface area contributed by atoms with Gasteiger partial charge in [0.15, 0.2) is 0 Å². The normalized spacial score (nSPS) is 14.7. The fraction of sp³-hybridized carbons (Fsp3) is 0.250. The van der Waals surface area contributed by atoms with Gasteiger partial charge in [0.2, 0.25) is 0 Å². The molecule has 0 radical (unpaired) electrons. The molecule has 0 amide bonds. The Hall–Kier alpha value is -1.29. The SMILES string of the molecule is OC(Cc1cc(Cl)cc2c1OCC2)c1cc(Cl)ccc1F. The van der Waals surface area contributed by atoms with E-state index in [-0.39, 0.29) is 12.0 Å². The number of benzene rings is 2. The van der Waals surface area contributed by atoms with Gasteiger partial charge in [0, 0.05) is 28.5 Å². The molecule has 0 bridgehead atoms. The Labute approximate surface area is 132 Å². The van der Waals surface area contributed by atoms with Crippen LogP contribution in [0.4, 0.5) is 4.39 Å². The van der Waals surface area contributed by atoms with Crippen molar-refractivity contribution >= 4 is 23.2 Å². The largest absolute Gasteiger partial charge is 0.493 e. The molecule has 2 aromatic rings. The minimum atomic E-state index is -1.00. The molecule has 110 valence electrons. The number of hydrogen-bond donors (Lipinski definition) is 1. The maximum Gasteiger partial charge on any atom is 0.129 e. The van der Waals surface area contributed by atoms with Crippen LogP contribution < -0.4 is 4.74 Å². The molecule has 1 atom stereocenters. The van der Waals surface area contributed by atoms with E-state index in [1.54, 1.807) is 6.07 Å². The Morgan fingerprint density at radius 1 is 1.19 bits per heavy atom. The number of aliphatic hydroxyl groups excluding tert-OH is 1. The zero-order valence-corrected chi connectivity index (χ0v) is 12.6. The number of halogens is 3. The lowest BCUT2D eigenvalue weighted by molar-refractivity contribution is 0.172. The minimum absolute atomic E-state index is 0.175. The Bertz CT molecular complexity index is 688. The summed E-state index contributed by atoms with van der Waals surface area (Å²) in [5.74, 6) is 0.271. The Kier molecular flexibility index (Phi) is 4.07. The van der Waals surface area contributed by atoms with Gasteiger partial charge in [-0.1, -0.05) is 23.2 Å². The van der Waals surface area contributed by atoms with Crippen molar-refractivity contribution < 1.29 is 14.2 Å². The van der Waals surface area contributed by atoms with Crippen LogP contribution in [0.15, 0.2) is 30.3 Å². The molecule has 2 nitrogen and oxygen atoms in total. The second kappa shape index (κ2) is 5.84. The van der Waals surface area contributed by atoms with Crippen LogP contribution in [0, 0.1) is 5.82 Å². The summed E-state index contributed by atoms with van der Waals surface area (Å²) >= 11 is 11.9.